The number of ether oxygens (including phenoxy) is 2. The van der Waals surface area contributed by atoms with E-state index in [9.17, 15) is 38.7 Å². The van der Waals surface area contributed by atoms with Gasteiger partial charge in [0, 0.05) is 10.3 Å². The number of para-hydroxylation sites is 1. The number of fused-ring (bicyclic) bond motifs is 2. The molecule has 50 heavy (non-hydrogen) atoms. The number of methoxy groups -OCH3 is 1. The van der Waals surface area contributed by atoms with Crippen LogP contribution in [0.3, 0.4) is 0 Å². The molecule has 3 N–H and O–H groups in total. The number of carbonyl (C=O) groups excluding carboxylic acids is 4. The highest BCUT2D eigenvalue weighted by Gasteiger charge is 2.64. The van der Waals surface area contributed by atoms with E-state index in [0.29, 0.717) is 11.1 Å². The van der Waals surface area contributed by atoms with Crippen molar-refractivity contribution >= 4 is 52.6 Å². The van der Waals surface area contributed by atoms with Crippen LogP contribution in [-0.4, -0.2) is 73.7 Å². The lowest BCUT2D eigenvalue weighted by molar-refractivity contribution is -0.161. The highest BCUT2D eigenvalue weighted by Crippen LogP contribution is 2.50. The summed E-state index contributed by atoms with van der Waals surface area (Å²) in [6.07, 6.45) is -1.06. The zero-order valence-corrected chi connectivity index (χ0v) is 27.6. The van der Waals surface area contributed by atoms with E-state index in [-0.39, 0.29) is 28.8 Å². The highest BCUT2D eigenvalue weighted by atomic mass is 32.2. The fourth-order valence-corrected chi connectivity index (χ4v) is 7.62. The summed E-state index contributed by atoms with van der Waals surface area (Å²) in [5.74, 6) is -4.09. The van der Waals surface area contributed by atoms with Gasteiger partial charge in [0.1, 0.15) is 23.5 Å². The van der Waals surface area contributed by atoms with Gasteiger partial charge in [0.2, 0.25) is 11.8 Å². The van der Waals surface area contributed by atoms with Crippen molar-refractivity contribution in [1.82, 2.24) is 20.1 Å². The Labute approximate surface area is 287 Å². The molecule has 0 bridgehead atoms. The second kappa shape index (κ2) is 13.2. The number of aliphatic carboxylic acids is 1. The fourth-order valence-electron chi connectivity index (χ4n) is 5.99. The second-order valence-electron chi connectivity index (χ2n) is 12.0. The average Bonchev–Trinajstić information content (AvgIpc) is 3.36. The molecule has 0 unspecified atom stereocenters. The van der Waals surface area contributed by atoms with Gasteiger partial charge in [-0.2, -0.15) is 0 Å². The van der Waals surface area contributed by atoms with Crippen LogP contribution in [0.4, 0.5) is 4.79 Å². The van der Waals surface area contributed by atoms with Crippen LogP contribution in [0.2, 0.25) is 0 Å². The Bertz CT molecular complexity index is 2150. The zero-order chi connectivity index (χ0) is 35.9. The van der Waals surface area contributed by atoms with Crippen LogP contribution in [0, 0.1) is 0 Å². The molecule has 3 heterocycles. The number of β-lactam (4-membered cyclic amide) rings is 1. The zero-order valence-electron chi connectivity index (χ0n) is 26.8. The normalized spacial score (nSPS) is 19.5. The Morgan fingerprint density at radius 1 is 0.980 bits per heavy atom. The lowest BCUT2D eigenvalue weighted by Gasteiger charge is -2.44. The van der Waals surface area contributed by atoms with Crippen LogP contribution in [0.1, 0.15) is 41.4 Å². The smallest absolute Gasteiger partial charge is 0.480 e. The lowest BCUT2D eigenvalue weighted by atomic mass is 9.95. The van der Waals surface area contributed by atoms with Crippen molar-refractivity contribution in [2.24, 2.45) is 0 Å². The van der Waals surface area contributed by atoms with Gasteiger partial charge < -0.3 is 34.5 Å². The Morgan fingerprint density at radius 2 is 1.68 bits per heavy atom. The van der Waals surface area contributed by atoms with Crippen molar-refractivity contribution in [3.05, 3.63) is 110 Å². The minimum atomic E-state index is -1.20. The molecule has 2 fully saturated rings. The molecule has 3 aromatic carbocycles. The van der Waals surface area contributed by atoms with Gasteiger partial charge in [-0.1, -0.05) is 48.5 Å². The molecule has 0 radical (unpaired) electrons. The maximum absolute atomic E-state index is 13.6. The van der Waals surface area contributed by atoms with Crippen LogP contribution in [-0.2, 0) is 25.7 Å². The van der Waals surface area contributed by atoms with Gasteiger partial charge in [-0.05, 0) is 49.2 Å². The minimum Gasteiger partial charge on any atom is -0.480 e. The maximum Gasteiger partial charge on any atom is 0.513 e. The number of aromatic nitrogens is 1. The van der Waals surface area contributed by atoms with E-state index >= 15 is 0 Å². The Kier molecular flexibility index (Phi) is 8.96. The van der Waals surface area contributed by atoms with Gasteiger partial charge in [0.05, 0.1) is 19.0 Å². The third-order valence-electron chi connectivity index (χ3n) is 8.42. The molecular weight excluding hydrogens is 672 g/mol. The van der Waals surface area contributed by atoms with Gasteiger partial charge in [0.15, 0.2) is 11.3 Å². The van der Waals surface area contributed by atoms with E-state index in [1.54, 1.807) is 44.2 Å². The number of rotatable bonds is 9. The van der Waals surface area contributed by atoms with Crippen molar-refractivity contribution in [2.75, 3.05) is 7.11 Å². The summed E-state index contributed by atoms with van der Waals surface area (Å²) in [6, 6.07) is 15.4. The largest absolute Gasteiger partial charge is 0.513 e. The van der Waals surface area contributed by atoms with Gasteiger partial charge in [0.25, 0.3) is 11.5 Å². The number of nitrogens with one attached hydrogen (secondary N) is 2. The molecule has 2 saturated heterocycles. The molecule has 6 rings (SSSR count). The highest BCUT2D eigenvalue weighted by molar-refractivity contribution is 8.01. The monoisotopic (exact) mass is 702 g/mol. The number of thioether (sulfide) groups is 1. The summed E-state index contributed by atoms with van der Waals surface area (Å²) in [5.41, 5.74) is 0.162. The summed E-state index contributed by atoms with van der Waals surface area (Å²) in [5, 5.41) is 14.5. The molecule has 0 spiro atoms. The predicted molar refractivity (Wildman–Crippen MR) is 178 cm³/mol. The van der Waals surface area contributed by atoms with Crippen LogP contribution >= 0.6 is 11.8 Å². The standard InChI is InChI=1S/C34H30N4O11S/c1-34(2)25(31(43)44)38-29(42)23(30(38)50-34)36-27(40)22(18-8-5-4-6-9-18)35-26(39)19-14-12-17(13-15-19)16-37-28(41)20-10-7-11-21(48-33(46)47-3)24(20)49-32(37)45/h4-15,22-23,25,30H,16H2,1-3H3,(H,35,39)(H,36,40)(H,43,44)/t22-,23-,25+,30-/m1/s1. The Balaban J connectivity index is 1.18. The van der Waals surface area contributed by atoms with Gasteiger partial charge in [-0.25, -0.2) is 19.0 Å². The first-order valence-electron chi connectivity index (χ1n) is 15.2. The minimum absolute atomic E-state index is 0.0134. The molecule has 4 aromatic rings. The van der Waals surface area contributed by atoms with E-state index in [2.05, 4.69) is 15.4 Å². The number of benzene rings is 3. The van der Waals surface area contributed by atoms with E-state index in [0.717, 1.165) is 11.7 Å². The van der Waals surface area contributed by atoms with Crippen molar-refractivity contribution in [3.63, 3.8) is 0 Å². The quantitative estimate of drug-likeness (QED) is 0.131. The molecule has 2 aliphatic rings. The van der Waals surface area contributed by atoms with Gasteiger partial charge in [-0.15, -0.1) is 11.8 Å². The van der Waals surface area contributed by atoms with Crippen molar-refractivity contribution < 1.29 is 43.0 Å². The first kappa shape index (κ1) is 34.0. The van der Waals surface area contributed by atoms with Gasteiger partial charge >= 0.3 is 17.9 Å². The molecule has 3 amide bonds. The molecule has 2 aliphatic heterocycles. The summed E-state index contributed by atoms with van der Waals surface area (Å²) in [4.78, 5) is 90.7. The molecule has 1 aromatic heterocycles. The van der Waals surface area contributed by atoms with E-state index in [4.69, 9.17) is 9.15 Å². The molecule has 0 saturated carbocycles. The molecule has 4 atom stereocenters. The molecular formula is C34H30N4O11S. The van der Waals surface area contributed by atoms with Crippen LogP contribution < -0.4 is 26.7 Å². The first-order valence-corrected chi connectivity index (χ1v) is 16.1. The number of hydrogen-bond donors (Lipinski definition) is 3. The number of amides is 3. The average molecular weight is 703 g/mol. The van der Waals surface area contributed by atoms with E-state index in [1.807, 2.05) is 0 Å². The maximum atomic E-state index is 13.6. The molecule has 16 heteroatoms. The summed E-state index contributed by atoms with van der Waals surface area (Å²) in [7, 11) is 1.10. The van der Waals surface area contributed by atoms with Gasteiger partial charge in [-0.3, -0.25) is 19.2 Å². The summed E-state index contributed by atoms with van der Waals surface area (Å²) >= 11 is 1.29. The lowest BCUT2D eigenvalue weighted by Crippen LogP contribution is -2.71. The van der Waals surface area contributed by atoms with E-state index < -0.39 is 69.4 Å². The number of carboxylic acids is 1. The third-order valence-corrected chi connectivity index (χ3v) is 10.00. The second-order valence-corrected chi connectivity index (χ2v) is 13.8. The first-order chi connectivity index (χ1) is 23.8. The van der Waals surface area contributed by atoms with Crippen molar-refractivity contribution in [3.8, 4) is 5.75 Å². The van der Waals surface area contributed by atoms with Crippen LogP contribution in [0.5, 0.6) is 5.75 Å². The number of carbonyl (C=O) groups is 5. The van der Waals surface area contributed by atoms with Crippen LogP contribution in [0.25, 0.3) is 11.0 Å². The third kappa shape index (κ3) is 6.20. The molecule has 0 aliphatic carbocycles. The Morgan fingerprint density at radius 3 is 2.34 bits per heavy atom. The predicted octanol–water partition coefficient (Wildman–Crippen LogP) is 2.25. The molecule has 258 valence electrons. The number of nitrogens with zero attached hydrogens (tertiary/aromatic N) is 2. The number of hydrogen-bond acceptors (Lipinski definition) is 11. The Hall–Kier alpha value is -5.90. The SMILES string of the molecule is COC(=O)Oc1cccc2c(=O)n(Cc3ccc(C(=O)N[C@@H](C(=O)N[C@@H]4C(=O)N5[C@@H]4SC(C)(C)[C@@H]5C(=O)O)c4ccccc4)cc3)c(=O)oc12. The number of carboxylic acid groups (broad SMARTS) is 1. The fraction of sp³-hybridized carbons (Fsp3) is 0.265. The summed E-state index contributed by atoms with van der Waals surface area (Å²) in [6.45, 7) is 3.25. The molecule has 15 nitrogen and oxygen atoms in total. The topological polar surface area (TPSA) is 204 Å². The van der Waals surface area contributed by atoms with Crippen molar-refractivity contribution in [1.29, 1.82) is 0 Å². The van der Waals surface area contributed by atoms with Crippen molar-refractivity contribution in [2.45, 2.75) is 48.6 Å². The van der Waals surface area contributed by atoms with E-state index in [1.165, 1.54) is 59.1 Å². The van der Waals surface area contributed by atoms with Crippen LogP contribution in [0.15, 0.2) is 86.8 Å². The summed E-state index contributed by atoms with van der Waals surface area (Å²) < 4.78 is 14.8.